The van der Waals surface area contributed by atoms with Gasteiger partial charge in [0.05, 0.1) is 6.04 Å². The highest BCUT2D eigenvalue weighted by Crippen LogP contribution is 2.13. The number of carbonyl (C=O) groups excluding carboxylic acids is 1. The van der Waals surface area contributed by atoms with Gasteiger partial charge in [-0.25, -0.2) is 4.39 Å². The Morgan fingerprint density at radius 2 is 1.79 bits per heavy atom. The largest absolute Gasteiger partial charge is 0.481 e. The molecule has 0 aliphatic carbocycles. The lowest BCUT2D eigenvalue weighted by atomic mass is 10.1. The van der Waals surface area contributed by atoms with Gasteiger partial charge in [0, 0.05) is 12.8 Å². The van der Waals surface area contributed by atoms with E-state index in [1.54, 1.807) is 12.1 Å². The molecule has 0 spiro atoms. The van der Waals surface area contributed by atoms with Crippen molar-refractivity contribution in [2.24, 2.45) is 0 Å². The maximum atomic E-state index is 12.7. The number of halogens is 1. The fourth-order valence-electron chi connectivity index (χ4n) is 1.71. The van der Waals surface area contributed by atoms with Gasteiger partial charge in [0.15, 0.2) is 0 Å². The third kappa shape index (κ3) is 5.99. The zero-order valence-corrected chi connectivity index (χ0v) is 10.9. The molecule has 4 nitrogen and oxygen atoms in total. The predicted molar refractivity (Wildman–Crippen MR) is 69.1 cm³/mol. The van der Waals surface area contributed by atoms with Gasteiger partial charge >= 0.3 is 5.97 Å². The number of carboxylic acid groups (broad SMARTS) is 1. The molecule has 0 saturated heterocycles. The Morgan fingerprint density at radius 3 is 2.37 bits per heavy atom. The molecule has 1 aromatic rings. The summed E-state index contributed by atoms with van der Waals surface area (Å²) < 4.78 is 12.7. The second-order valence-electron chi connectivity index (χ2n) is 4.44. The molecule has 5 heteroatoms. The van der Waals surface area contributed by atoms with E-state index in [9.17, 15) is 14.0 Å². The van der Waals surface area contributed by atoms with E-state index in [0.29, 0.717) is 19.3 Å². The van der Waals surface area contributed by atoms with E-state index in [-0.39, 0.29) is 24.2 Å². The number of carbonyl (C=O) groups is 2. The SMILES string of the molecule is CC(NC(=O)CCCCC(=O)O)c1ccc(F)cc1. The summed E-state index contributed by atoms with van der Waals surface area (Å²) in [7, 11) is 0. The first-order chi connectivity index (χ1) is 8.99. The summed E-state index contributed by atoms with van der Waals surface area (Å²) in [5.41, 5.74) is 0.834. The van der Waals surface area contributed by atoms with E-state index in [1.807, 2.05) is 6.92 Å². The van der Waals surface area contributed by atoms with Gasteiger partial charge in [-0.2, -0.15) is 0 Å². The highest BCUT2D eigenvalue weighted by Gasteiger charge is 2.09. The fourth-order valence-corrected chi connectivity index (χ4v) is 1.71. The van der Waals surface area contributed by atoms with Crippen molar-refractivity contribution in [3.63, 3.8) is 0 Å². The molecule has 0 fully saturated rings. The predicted octanol–water partition coefficient (Wildman–Crippen LogP) is 2.65. The Bertz CT molecular complexity index is 431. The van der Waals surface area contributed by atoms with E-state index in [0.717, 1.165) is 5.56 Å². The van der Waals surface area contributed by atoms with Crippen LogP contribution in [0.5, 0.6) is 0 Å². The van der Waals surface area contributed by atoms with Crippen LogP contribution < -0.4 is 5.32 Å². The summed E-state index contributed by atoms with van der Waals surface area (Å²) in [5, 5.41) is 11.3. The van der Waals surface area contributed by atoms with Crippen molar-refractivity contribution in [2.75, 3.05) is 0 Å². The lowest BCUT2D eigenvalue weighted by molar-refractivity contribution is -0.137. The van der Waals surface area contributed by atoms with Crippen LogP contribution in [-0.2, 0) is 9.59 Å². The van der Waals surface area contributed by atoms with Gasteiger partial charge in [-0.3, -0.25) is 9.59 Å². The number of unbranched alkanes of at least 4 members (excludes halogenated alkanes) is 1. The molecule has 1 aromatic carbocycles. The van der Waals surface area contributed by atoms with Gasteiger partial charge in [0.2, 0.25) is 5.91 Å². The Labute approximate surface area is 111 Å². The highest BCUT2D eigenvalue weighted by molar-refractivity contribution is 5.76. The Hall–Kier alpha value is -1.91. The van der Waals surface area contributed by atoms with E-state index < -0.39 is 5.97 Å². The molecule has 0 aromatic heterocycles. The van der Waals surface area contributed by atoms with Crippen LogP contribution in [0.1, 0.15) is 44.2 Å². The number of hydrogen-bond donors (Lipinski definition) is 2. The maximum Gasteiger partial charge on any atom is 0.303 e. The third-order valence-electron chi connectivity index (χ3n) is 2.79. The first kappa shape index (κ1) is 15.1. The van der Waals surface area contributed by atoms with E-state index >= 15 is 0 Å². The molecule has 0 heterocycles. The fraction of sp³-hybridized carbons (Fsp3) is 0.429. The van der Waals surface area contributed by atoms with Crippen molar-refractivity contribution in [1.29, 1.82) is 0 Å². The van der Waals surface area contributed by atoms with Gasteiger partial charge < -0.3 is 10.4 Å². The summed E-state index contributed by atoms with van der Waals surface area (Å²) in [6.45, 7) is 1.82. The summed E-state index contributed by atoms with van der Waals surface area (Å²) in [5.74, 6) is -1.28. The van der Waals surface area contributed by atoms with E-state index in [2.05, 4.69) is 5.32 Å². The van der Waals surface area contributed by atoms with Crippen molar-refractivity contribution in [2.45, 2.75) is 38.6 Å². The van der Waals surface area contributed by atoms with Crippen molar-refractivity contribution >= 4 is 11.9 Å². The van der Waals surface area contributed by atoms with Crippen LogP contribution in [0.4, 0.5) is 4.39 Å². The lowest BCUT2D eigenvalue weighted by Crippen LogP contribution is -2.26. The van der Waals surface area contributed by atoms with Crippen molar-refractivity contribution < 1.29 is 19.1 Å². The monoisotopic (exact) mass is 267 g/mol. The quantitative estimate of drug-likeness (QED) is 0.746. The first-order valence-electron chi connectivity index (χ1n) is 6.25. The van der Waals surface area contributed by atoms with Crippen molar-refractivity contribution in [3.8, 4) is 0 Å². The Balaban J connectivity index is 2.31. The summed E-state index contributed by atoms with van der Waals surface area (Å²) in [6, 6.07) is 5.78. The molecule has 1 unspecified atom stereocenters. The van der Waals surface area contributed by atoms with E-state index in [4.69, 9.17) is 5.11 Å². The molecule has 104 valence electrons. The normalized spacial score (nSPS) is 11.9. The van der Waals surface area contributed by atoms with E-state index in [1.165, 1.54) is 12.1 Å². The van der Waals surface area contributed by atoms with Crippen LogP contribution >= 0.6 is 0 Å². The smallest absolute Gasteiger partial charge is 0.303 e. The Kier molecular flexibility index (Phi) is 5.99. The van der Waals surface area contributed by atoms with Crippen LogP contribution in [0.25, 0.3) is 0 Å². The van der Waals surface area contributed by atoms with Crippen LogP contribution in [0.2, 0.25) is 0 Å². The number of rotatable bonds is 7. The molecular formula is C14H18FNO3. The molecule has 2 N–H and O–H groups in total. The zero-order chi connectivity index (χ0) is 14.3. The molecule has 0 aliphatic heterocycles. The summed E-state index contributed by atoms with van der Waals surface area (Å²) in [6.07, 6.45) is 1.43. The number of aliphatic carboxylic acids is 1. The van der Waals surface area contributed by atoms with Gasteiger partial charge in [0.1, 0.15) is 5.82 Å². The Morgan fingerprint density at radius 1 is 1.21 bits per heavy atom. The molecule has 1 rings (SSSR count). The molecule has 1 atom stereocenters. The lowest BCUT2D eigenvalue weighted by Gasteiger charge is -2.14. The number of benzene rings is 1. The first-order valence-corrected chi connectivity index (χ1v) is 6.25. The van der Waals surface area contributed by atoms with Crippen LogP contribution in [-0.4, -0.2) is 17.0 Å². The molecule has 0 bridgehead atoms. The zero-order valence-electron chi connectivity index (χ0n) is 10.9. The highest BCUT2D eigenvalue weighted by atomic mass is 19.1. The van der Waals surface area contributed by atoms with Gasteiger partial charge in [-0.05, 0) is 37.5 Å². The van der Waals surface area contributed by atoms with Crippen LogP contribution in [0.15, 0.2) is 24.3 Å². The summed E-state index contributed by atoms with van der Waals surface area (Å²) >= 11 is 0. The topological polar surface area (TPSA) is 66.4 Å². The number of nitrogens with one attached hydrogen (secondary N) is 1. The number of hydrogen-bond acceptors (Lipinski definition) is 2. The van der Waals surface area contributed by atoms with Crippen LogP contribution in [0.3, 0.4) is 0 Å². The second kappa shape index (κ2) is 7.51. The number of carboxylic acids is 1. The van der Waals surface area contributed by atoms with Gasteiger partial charge in [-0.15, -0.1) is 0 Å². The number of amides is 1. The van der Waals surface area contributed by atoms with Crippen molar-refractivity contribution in [1.82, 2.24) is 5.32 Å². The minimum Gasteiger partial charge on any atom is -0.481 e. The molecular weight excluding hydrogens is 249 g/mol. The molecule has 1 amide bonds. The average molecular weight is 267 g/mol. The van der Waals surface area contributed by atoms with Gasteiger partial charge in [0.25, 0.3) is 0 Å². The van der Waals surface area contributed by atoms with Gasteiger partial charge in [-0.1, -0.05) is 12.1 Å². The van der Waals surface area contributed by atoms with Crippen molar-refractivity contribution in [3.05, 3.63) is 35.6 Å². The summed E-state index contributed by atoms with van der Waals surface area (Å²) in [4.78, 5) is 21.9. The second-order valence-corrected chi connectivity index (χ2v) is 4.44. The molecule has 0 radical (unpaired) electrons. The molecule has 0 aliphatic rings. The maximum absolute atomic E-state index is 12.7. The van der Waals surface area contributed by atoms with Crippen LogP contribution in [0, 0.1) is 5.82 Å². The molecule has 19 heavy (non-hydrogen) atoms. The minimum atomic E-state index is -0.847. The average Bonchev–Trinajstić information content (AvgIpc) is 2.35. The third-order valence-corrected chi connectivity index (χ3v) is 2.79. The molecule has 0 saturated carbocycles. The standard InChI is InChI=1S/C14H18FNO3/c1-10(11-6-8-12(15)9-7-11)16-13(17)4-2-3-5-14(18)19/h6-10H,2-5H2,1H3,(H,16,17)(H,18,19). The minimum absolute atomic E-state index is 0.0841.